The fourth-order valence-electron chi connectivity index (χ4n) is 1.88. The number of anilines is 2. The lowest BCUT2D eigenvalue weighted by molar-refractivity contribution is 0.628. The molecule has 2 heterocycles. The molecule has 0 aliphatic heterocycles. The molecule has 1 aromatic carbocycles. The Morgan fingerprint density at radius 2 is 2.16 bits per heavy atom. The Morgan fingerprint density at radius 1 is 1.32 bits per heavy atom. The number of hydrogen-bond donors (Lipinski definition) is 1. The average Bonchev–Trinajstić information content (AvgIpc) is 2.71. The molecule has 0 unspecified atom stereocenters. The normalized spacial score (nSPS) is 10.9. The van der Waals surface area contributed by atoms with Crippen LogP contribution >= 0.6 is 11.6 Å². The van der Waals surface area contributed by atoms with Gasteiger partial charge in [0.25, 0.3) is 0 Å². The minimum absolute atomic E-state index is 0.0735. The summed E-state index contributed by atoms with van der Waals surface area (Å²) >= 11 is 5.76. The Labute approximate surface area is 113 Å². The highest BCUT2D eigenvalue weighted by molar-refractivity contribution is 6.31. The van der Waals surface area contributed by atoms with Crippen LogP contribution < -0.4 is 5.32 Å². The number of pyridine rings is 1. The summed E-state index contributed by atoms with van der Waals surface area (Å²) in [6.07, 6.45) is 1.70. The highest BCUT2D eigenvalue weighted by atomic mass is 35.5. The molecule has 0 spiro atoms. The van der Waals surface area contributed by atoms with Gasteiger partial charge in [-0.25, -0.2) is 4.39 Å². The Kier molecular flexibility index (Phi) is 2.83. The van der Waals surface area contributed by atoms with Crippen molar-refractivity contribution < 1.29 is 4.39 Å². The first kappa shape index (κ1) is 11.9. The molecule has 4 nitrogen and oxygen atoms in total. The summed E-state index contributed by atoms with van der Waals surface area (Å²) in [6, 6.07) is 8.16. The second-order valence-electron chi connectivity index (χ2n) is 4.10. The van der Waals surface area contributed by atoms with Crippen molar-refractivity contribution in [1.82, 2.24) is 14.8 Å². The fraction of sp³-hybridized carbons (Fsp3) is 0.0769. The lowest BCUT2D eigenvalue weighted by atomic mass is 10.3. The largest absolute Gasteiger partial charge is 0.339 e. The van der Waals surface area contributed by atoms with Crippen LogP contribution in [0.1, 0.15) is 0 Å². The van der Waals surface area contributed by atoms with E-state index in [-0.39, 0.29) is 5.02 Å². The molecule has 0 atom stereocenters. The van der Waals surface area contributed by atoms with Crippen LogP contribution in [0.2, 0.25) is 5.02 Å². The first-order chi connectivity index (χ1) is 9.15. The number of benzene rings is 1. The first-order valence-electron chi connectivity index (χ1n) is 5.65. The molecule has 1 N–H and O–H groups in total. The summed E-state index contributed by atoms with van der Waals surface area (Å²) in [6.45, 7) is 0. The van der Waals surface area contributed by atoms with E-state index in [4.69, 9.17) is 11.6 Å². The van der Waals surface area contributed by atoms with E-state index in [0.29, 0.717) is 5.69 Å². The predicted octanol–water partition coefficient (Wildman–Crippen LogP) is 3.50. The molecule has 0 radical (unpaired) electrons. The van der Waals surface area contributed by atoms with Gasteiger partial charge in [0.05, 0.1) is 5.02 Å². The second-order valence-corrected chi connectivity index (χ2v) is 4.50. The van der Waals surface area contributed by atoms with Crippen molar-refractivity contribution in [3.63, 3.8) is 0 Å². The molecule has 2 aromatic heterocycles. The number of halogens is 2. The molecule has 3 rings (SSSR count). The molecule has 0 aliphatic carbocycles. The molecular formula is C13H10ClFN4. The summed E-state index contributed by atoms with van der Waals surface area (Å²) in [4.78, 5) is 4.29. The van der Waals surface area contributed by atoms with Crippen LogP contribution in [0.15, 0.2) is 36.5 Å². The van der Waals surface area contributed by atoms with Crippen LogP contribution in [0.5, 0.6) is 0 Å². The summed E-state index contributed by atoms with van der Waals surface area (Å²) in [5.41, 5.74) is 2.23. The van der Waals surface area contributed by atoms with Gasteiger partial charge >= 0.3 is 0 Å². The monoisotopic (exact) mass is 276 g/mol. The number of nitrogens with one attached hydrogen (secondary N) is 1. The van der Waals surface area contributed by atoms with Gasteiger partial charge in [-0.3, -0.25) is 9.67 Å². The maximum atomic E-state index is 13.1. The van der Waals surface area contributed by atoms with Crippen LogP contribution in [-0.4, -0.2) is 14.8 Å². The standard InChI is InChI=1S/C13H10ClFN4/c1-19-13(12-11(18-19)3-2-6-16-12)17-8-4-5-10(15)9(14)7-8/h2-7,17H,1H3. The van der Waals surface area contributed by atoms with E-state index in [9.17, 15) is 4.39 Å². The van der Waals surface area contributed by atoms with E-state index in [2.05, 4.69) is 15.4 Å². The van der Waals surface area contributed by atoms with Gasteiger partial charge in [0.1, 0.15) is 16.9 Å². The van der Waals surface area contributed by atoms with E-state index < -0.39 is 5.82 Å². The van der Waals surface area contributed by atoms with Gasteiger partial charge in [-0.05, 0) is 30.3 Å². The molecule has 96 valence electrons. The van der Waals surface area contributed by atoms with Crippen molar-refractivity contribution in [3.8, 4) is 0 Å². The molecule has 0 bridgehead atoms. The number of aromatic nitrogens is 3. The first-order valence-corrected chi connectivity index (χ1v) is 6.03. The number of aryl methyl sites for hydroxylation is 1. The van der Waals surface area contributed by atoms with Gasteiger partial charge < -0.3 is 5.32 Å². The van der Waals surface area contributed by atoms with E-state index >= 15 is 0 Å². The summed E-state index contributed by atoms with van der Waals surface area (Å²) in [5.74, 6) is 0.290. The quantitative estimate of drug-likeness (QED) is 0.779. The molecule has 6 heteroatoms. The van der Waals surface area contributed by atoms with E-state index in [1.807, 2.05) is 19.2 Å². The van der Waals surface area contributed by atoms with Crippen LogP contribution in [0.25, 0.3) is 11.0 Å². The van der Waals surface area contributed by atoms with E-state index in [1.54, 1.807) is 16.9 Å². The number of nitrogens with zero attached hydrogens (tertiary/aromatic N) is 3. The minimum Gasteiger partial charge on any atom is -0.339 e. The third-order valence-electron chi connectivity index (χ3n) is 2.77. The smallest absolute Gasteiger partial charge is 0.155 e. The number of fused-ring (bicyclic) bond motifs is 1. The van der Waals surface area contributed by atoms with E-state index in [1.165, 1.54) is 12.1 Å². The molecule has 0 amide bonds. The summed E-state index contributed by atoms with van der Waals surface area (Å²) in [5, 5.41) is 7.56. The second kappa shape index (κ2) is 4.51. The summed E-state index contributed by atoms with van der Waals surface area (Å²) in [7, 11) is 1.81. The molecule has 0 fully saturated rings. The predicted molar refractivity (Wildman–Crippen MR) is 73.2 cm³/mol. The zero-order valence-electron chi connectivity index (χ0n) is 10.1. The minimum atomic E-state index is -0.444. The van der Waals surface area contributed by atoms with Gasteiger partial charge in [0.2, 0.25) is 0 Å². The Hall–Kier alpha value is -2.14. The van der Waals surface area contributed by atoms with Gasteiger partial charge in [0, 0.05) is 18.9 Å². The van der Waals surface area contributed by atoms with Crippen molar-refractivity contribution in [1.29, 1.82) is 0 Å². The van der Waals surface area contributed by atoms with Crippen LogP contribution in [0.3, 0.4) is 0 Å². The zero-order valence-corrected chi connectivity index (χ0v) is 10.8. The number of rotatable bonds is 2. The van der Waals surface area contributed by atoms with Crippen LogP contribution in [-0.2, 0) is 7.05 Å². The van der Waals surface area contributed by atoms with Crippen molar-refractivity contribution >= 4 is 34.1 Å². The lowest BCUT2D eigenvalue weighted by Crippen LogP contribution is -1.99. The van der Waals surface area contributed by atoms with Gasteiger partial charge in [-0.15, -0.1) is 0 Å². The third kappa shape index (κ3) is 2.13. The Morgan fingerprint density at radius 3 is 2.95 bits per heavy atom. The molecule has 0 saturated carbocycles. The average molecular weight is 277 g/mol. The highest BCUT2D eigenvalue weighted by Crippen LogP contribution is 2.26. The summed E-state index contributed by atoms with van der Waals surface area (Å²) < 4.78 is 14.8. The molecular weight excluding hydrogens is 267 g/mol. The maximum absolute atomic E-state index is 13.1. The fourth-order valence-corrected chi connectivity index (χ4v) is 2.06. The van der Waals surface area contributed by atoms with Gasteiger partial charge in [0.15, 0.2) is 5.82 Å². The molecule has 0 saturated heterocycles. The van der Waals surface area contributed by atoms with Crippen molar-refractivity contribution in [2.24, 2.45) is 7.05 Å². The van der Waals surface area contributed by atoms with E-state index in [0.717, 1.165) is 16.9 Å². The highest BCUT2D eigenvalue weighted by Gasteiger charge is 2.10. The van der Waals surface area contributed by atoms with Crippen LogP contribution in [0.4, 0.5) is 15.9 Å². The van der Waals surface area contributed by atoms with Crippen molar-refractivity contribution in [2.75, 3.05) is 5.32 Å². The molecule has 19 heavy (non-hydrogen) atoms. The van der Waals surface area contributed by atoms with Gasteiger partial charge in [-0.2, -0.15) is 5.10 Å². The Bertz CT molecular complexity index is 753. The van der Waals surface area contributed by atoms with Crippen LogP contribution in [0, 0.1) is 5.82 Å². The molecule has 0 aliphatic rings. The zero-order chi connectivity index (χ0) is 13.4. The lowest BCUT2D eigenvalue weighted by Gasteiger charge is -2.07. The Balaban J connectivity index is 2.05. The SMILES string of the molecule is Cn1nc2cccnc2c1Nc1ccc(F)c(Cl)c1. The van der Waals surface area contributed by atoms with Crippen molar-refractivity contribution in [3.05, 3.63) is 47.4 Å². The number of hydrogen-bond acceptors (Lipinski definition) is 3. The third-order valence-corrected chi connectivity index (χ3v) is 3.06. The molecule has 3 aromatic rings. The van der Waals surface area contributed by atoms with Crippen molar-refractivity contribution in [2.45, 2.75) is 0 Å². The maximum Gasteiger partial charge on any atom is 0.155 e. The topological polar surface area (TPSA) is 42.7 Å². The van der Waals surface area contributed by atoms with Gasteiger partial charge in [-0.1, -0.05) is 11.6 Å².